The summed E-state index contributed by atoms with van der Waals surface area (Å²) in [6, 6.07) is 9.01. The number of hydrogen-bond donors (Lipinski definition) is 1. The Bertz CT molecular complexity index is 427. The van der Waals surface area contributed by atoms with Gasteiger partial charge in [-0.1, -0.05) is 19.1 Å². The van der Waals surface area contributed by atoms with Crippen LogP contribution < -0.4 is 10.1 Å². The van der Waals surface area contributed by atoms with Gasteiger partial charge in [0.05, 0.1) is 18.8 Å². The molecular formula is C17H25NO2. The van der Waals surface area contributed by atoms with Gasteiger partial charge in [0.1, 0.15) is 5.75 Å². The minimum atomic E-state index is 0.388. The molecule has 2 aliphatic rings. The van der Waals surface area contributed by atoms with Crippen LogP contribution in [-0.2, 0) is 4.74 Å². The second kappa shape index (κ2) is 6.15. The summed E-state index contributed by atoms with van der Waals surface area (Å²) in [4.78, 5) is 0. The van der Waals surface area contributed by atoms with Gasteiger partial charge >= 0.3 is 0 Å². The largest absolute Gasteiger partial charge is 0.490 e. The molecule has 0 amide bonds. The standard InChI is InChI=1S/C17H25NO2/c1-3-18-17(14-10-12(2)19-11-14)13-4-6-15(7-5-13)20-16-8-9-16/h4-7,12,14,16-18H,3,8-11H2,1-2H3. The molecular weight excluding hydrogens is 250 g/mol. The summed E-state index contributed by atoms with van der Waals surface area (Å²) in [5, 5.41) is 3.61. The fraction of sp³-hybridized carbons (Fsp3) is 0.647. The third-order valence-corrected chi connectivity index (χ3v) is 4.19. The van der Waals surface area contributed by atoms with Crippen molar-refractivity contribution >= 4 is 0 Å². The maximum absolute atomic E-state index is 5.82. The molecule has 1 aliphatic carbocycles. The van der Waals surface area contributed by atoms with Gasteiger partial charge in [0.25, 0.3) is 0 Å². The highest BCUT2D eigenvalue weighted by Crippen LogP contribution is 2.33. The first-order valence-electron chi connectivity index (χ1n) is 7.88. The van der Waals surface area contributed by atoms with Crippen LogP contribution in [0.5, 0.6) is 5.75 Å². The zero-order valence-corrected chi connectivity index (χ0v) is 12.5. The van der Waals surface area contributed by atoms with Gasteiger partial charge in [-0.25, -0.2) is 0 Å². The summed E-state index contributed by atoms with van der Waals surface area (Å²) < 4.78 is 11.6. The molecule has 2 fully saturated rings. The van der Waals surface area contributed by atoms with Crippen molar-refractivity contribution in [2.45, 2.75) is 51.4 Å². The van der Waals surface area contributed by atoms with E-state index < -0.39 is 0 Å². The summed E-state index contributed by atoms with van der Waals surface area (Å²) >= 11 is 0. The van der Waals surface area contributed by atoms with Crippen molar-refractivity contribution in [2.24, 2.45) is 5.92 Å². The number of ether oxygens (including phenoxy) is 2. The quantitative estimate of drug-likeness (QED) is 0.864. The molecule has 0 radical (unpaired) electrons. The van der Waals surface area contributed by atoms with Gasteiger partial charge in [0.15, 0.2) is 0 Å². The molecule has 1 N–H and O–H groups in total. The molecule has 0 spiro atoms. The van der Waals surface area contributed by atoms with Crippen molar-refractivity contribution in [3.8, 4) is 5.75 Å². The lowest BCUT2D eigenvalue weighted by molar-refractivity contribution is 0.117. The van der Waals surface area contributed by atoms with Crippen LogP contribution in [0.3, 0.4) is 0 Å². The normalized spacial score (nSPS) is 27.5. The summed E-state index contributed by atoms with van der Waals surface area (Å²) in [5.74, 6) is 1.57. The molecule has 3 rings (SSSR count). The van der Waals surface area contributed by atoms with E-state index in [0.717, 1.165) is 25.3 Å². The van der Waals surface area contributed by atoms with E-state index in [9.17, 15) is 0 Å². The number of benzene rings is 1. The highest BCUT2D eigenvalue weighted by atomic mass is 16.5. The maximum Gasteiger partial charge on any atom is 0.119 e. The maximum atomic E-state index is 5.82. The van der Waals surface area contributed by atoms with E-state index in [1.807, 2.05) is 0 Å². The molecule has 3 atom stereocenters. The zero-order chi connectivity index (χ0) is 13.9. The van der Waals surface area contributed by atoms with E-state index in [4.69, 9.17) is 9.47 Å². The van der Waals surface area contributed by atoms with Crippen LogP contribution in [-0.4, -0.2) is 25.4 Å². The Morgan fingerprint density at radius 3 is 2.60 bits per heavy atom. The van der Waals surface area contributed by atoms with E-state index in [1.54, 1.807) is 0 Å². The van der Waals surface area contributed by atoms with Crippen LogP contribution >= 0.6 is 0 Å². The van der Waals surface area contributed by atoms with E-state index in [0.29, 0.717) is 24.2 Å². The van der Waals surface area contributed by atoms with Crippen molar-refractivity contribution in [1.82, 2.24) is 5.32 Å². The SMILES string of the molecule is CCNC(c1ccc(OC2CC2)cc1)C1COC(C)C1. The lowest BCUT2D eigenvalue weighted by Crippen LogP contribution is -2.28. The average Bonchev–Trinajstić information content (AvgIpc) is 3.17. The molecule has 1 aromatic rings. The summed E-state index contributed by atoms with van der Waals surface area (Å²) in [5.41, 5.74) is 1.35. The first kappa shape index (κ1) is 13.9. The predicted octanol–water partition coefficient (Wildman–Crippen LogP) is 3.30. The molecule has 0 aromatic heterocycles. The van der Waals surface area contributed by atoms with Crippen LogP contribution in [0.25, 0.3) is 0 Å². The van der Waals surface area contributed by atoms with Gasteiger partial charge in [0, 0.05) is 12.0 Å². The van der Waals surface area contributed by atoms with Crippen molar-refractivity contribution in [3.63, 3.8) is 0 Å². The van der Waals surface area contributed by atoms with Crippen LogP contribution in [0, 0.1) is 5.92 Å². The highest BCUT2D eigenvalue weighted by molar-refractivity contribution is 5.30. The van der Waals surface area contributed by atoms with Crippen LogP contribution in [0.1, 0.15) is 44.7 Å². The lowest BCUT2D eigenvalue weighted by Gasteiger charge is -2.24. The molecule has 1 aromatic carbocycles. The van der Waals surface area contributed by atoms with Gasteiger partial charge < -0.3 is 14.8 Å². The van der Waals surface area contributed by atoms with Gasteiger partial charge in [0.2, 0.25) is 0 Å². The molecule has 110 valence electrons. The second-order valence-corrected chi connectivity index (χ2v) is 6.06. The Kier molecular flexibility index (Phi) is 4.27. The third kappa shape index (κ3) is 3.33. The summed E-state index contributed by atoms with van der Waals surface area (Å²) in [6.45, 7) is 6.17. The second-order valence-electron chi connectivity index (χ2n) is 6.06. The van der Waals surface area contributed by atoms with Crippen molar-refractivity contribution in [1.29, 1.82) is 0 Å². The highest BCUT2D eigenvalue weighted by Gasteiger charge is 2.30. The van der Waals surface area contributed by atoms with E-state index in [1.165, 1.54) is 18.4 Å². The number of nitrogens with one attached hydrogen (secondary N) is 1. The van der Waals surface area contributed by atoms with Gasteiger partial charge in [-0.05, 0) is 50.4 Å². The summed E-state index contributed by atoms with van der Waals surface area (Å²) in [6.07, 6.45) is 4.41. The minimum Gasteiger partial charge on any atom is -0.490 e. The van der Waals surface area contributed by atoms with Gasteiger partial charge in [-0.2, -0.15) is 0 Å². The fourth-order valence-electron chi connectivity index (χ4n) is 2.99. The molecule has 1 aliphatic heterocycles. The van der Waals surface area contributed by atoms with Crippen molar-refractivity contribution in [2.75, 3.05) is 13.2 Å². The van der Waals surface area contributed by atoms with E-state index in [2.05, 4.69) is 43.4 Å². The molecule has 3 nitrogen and oxygen atoms in total. The molecule has 3 unspecified atom stereocenters. The van der Waals surface area contributed by atoms with Crippen molar-refractivity contribution in [3.05, 3.63) is 29.8 Å². The molecule has 0 bridgehead atoms. The third-order valence-electron chi connectivity index (χ3n) is 4.19. The molecule has 1 heterocycles. The Hall–Kier alpha value is -1.06. The molecule has 1 saturated carbocycles. The summed E-state index contributed by atoms with van der Waals surface area (Å²) in [7, 11) is 0. The Labute approximate surface area is 121 Å². The topological polar surface area (TPSA) is 30.5 Å². The van der Waals surface area contributed by atoms with E-state index >= 15 is 0 Å². The Balaban J connectivity index is 1.69. The van der Waals surface area contributed by atoms with Gasteiger partial charge in [-0.3, -0.25) is 0 Å². The Morgan fingerprint density at radius 2 is 2.05 bits per heavy atom. The van der Waals surface area contributed by atoms with Crippen molar-refractivity contribution < 1.29 is 9.47 Å². The molecule has 20 heavy (non-hydrogen) atoms. The van der Waals surface area contributed by atoms with Crippen LogP contribution in [0.15, 0.2) is 24.3 Å². The zero-order valence-electron chi connectivity index (χ0n) is 12.5. The Morgan fingerprint density at radius 1 is 1.30 bits per heavy atom. The smallest absolute Gasteiger partial charge is 0.119 e. The lowest BCUT2D eigenvalue weighted by atomic mass is 9.91. The molecule has 3 heteroatoms. The molecule has 1 saturated heterocycles. The first-order valence-corrected chi connectivity index (χ1v) is 7.88. The van der Waals surface area contributed by atoms with E-state index in [-0.39, 0.29) is 0 Å². The van der Waals surface area contributed by atoms with Crippen LogP contribution in [0.2, 0.25) is 0 Å². The first-order chi connectivity index (χ1) is 9.76. The van der Waals surface area contributed by atoms with Crippen LogP contribution in [0.4, 0.5) is 0 Å². The predicted molar refractivity (Wildman–Crippen MR) is 80.0 cm³/mol. The number of hydrogen-bond acceptors (Lipinski definition) is 3. The monoisotopic (exact) mass is 275 g/mol. The fourth-order valence-corrected chi connectivity index (χ4v) is 2.99. The number of rotatable bonds is 6. The van der Waals surface area contributed by atoms with Gasteiger partial charge in [-0.15, -0.1) is 0 Å². The minimum absolute atomic E-state index is 0.388. The average molecular weight is 275 g/mol.